The molecular formula is C68H78N12O8S. The van der Waals surface area contributed by atoms with Gasteiger partial charge in [-0.25, -0.2) is 14.4 Å². The number of nitrogens with zero attached hydrogens (tertiary/aromatic N) is 3. The summed E-state index contributed by atoms with van der Waals surface area (Å²) in [5.41, 5.74) is 14.3. The molecule has 9 rings (SSSR count). The second-order valence-electron chi connectivity index (χ2n) is 23.9. The third kappa shape index (κ3) is 23.2. The predicted molar refractivity (Wildman–Crippen MR) is 356 cm³/mol. The number of urea groups is 3. The number of nitrogens with two attached hydrogens (primary N) is 1. The van der Waals surface area contributed by atoms with Crippen LogP contribution in [0.1, 0.15) is 102 Å². The van der Waals surface area contributed by atoms with Crippen molar-refractivity contribution >= 4 is 93.2 Å². The number of thioether (sulfide) groups is 1. The summed E-state index contributed by atoms with van der Waals surface area (Å²) in [6.07, 6.45) is 3.82. The van der Waals surface area contributed by atoms with Crippen molar-refractivity contribution < 1.29 is 37.5 Å². The number of benzene rings is 6. The smallest absolute Gasteiger partial charge is 0.324 e. The van der Waals surface area contributed by atoms with Gasteiger partial charge >= 0.3 is 18.1 Å². The first kappa shape index (κ1) is 66.4. The number of nitrogen functional groups attached to an aromatic ring is 1. The Morgan fingerprint density at radius 2 is 0.629 bits per heavy atom. The van der Waals surface area contributed by atoms with Crippen LogP contribution in [0, 0.1) is 0 Å². The van der Waals surface area contributed by atoms with Crippen LogP contribution in [0.25, 0.3) is 0 Å². The summed E-state index contributed by atoms with van der Waals surface area (Å²) in [5.74, 6) is 3.13. The number of amides is 8. The van der Waals surface area contributed by atoms with E-state index in [1.807, 2.05) is 159 Å². The number of aromatic nitrogens is 3. The number of carbonyl (C=O) groups excluding carboxylic acids is 5. The van der Waals surface area contributed by atoms with Crippen molar-refractivity contribution in [3.8, 4) is 0 Å². The van der Waals surface area contributed by atoms with Crippen molar-refractivity contribution in [2.75, 3.05) is 59.8 Å². The molecular weight excluding hydrogens is 1140 g/mol. The normalized spacial score (nSPS) is 11.1. The van der Waals surface area contributed by atoms with E-state index in [0.717, 1.165) is 48.5 Å². The Morgan fingerprint density at radius 1 is 0.360 bits per heavy atom. The number of nitrogens with one attached hydrogen (secondary N) is 8. The molecule has 0 unspecified atom stereocenters. The quantitative estimate of drug-likeness (QED) is 0.0362. The average Bonchev–Trinajstić information content (AvgIpc) is 2.97. The SMILES string of the molecule is CC(C)(C)c1cc(NC(=O)Nc2ccc(CCc3ccc(N)cc3)cc2)no1.CC(C)(C)c1cc(NC(=O)Nc2ccc(CCc3ccccc3)cc2)no1.CC(C)(C)c1cc(NC(=O)Nc2ccc(NC(=O)CSCC(=O)Nc3ccccc3)cc2)no1. The fourth-order valence-electron chi connectivity index (χ4n) is 8.10. The second kappa shape index (κ2) is 31.5. The average molecular weight is 1220 g/mol. The van der Waals surface area contributed by atoms with Gasteiger partial charge in [-0.15, -0.1) is 11.8 Å². The maximum absolute atomic E-state index is 12.2. The number of anilines is 9. The highest BCUT2D eigenvalue weighted by atomic mass is 32.2. The zero-order valence-electron chi connectivity index (χ0n) is 51.6. The predicted octanol–water partition coefficient (Wildman–Crippen LogP) is 15.3. The van der Waals surface area contributed by atoms with Crippen molar-refractivity contribution in [3.05, 3.63) is 215 Å². The molecule has 0 spiro atoms. The highest BCUT2D eigenvalue weighted by molar-refractivity contribution is 8.00. The number of rotatable bonds is 18. The van der Waals surface area contributed by atoms with Crippen LogP contribution >= 0.6 is 11.8 Å². The first-order valence-electron chi connectivity index (χ1n) is 28.9. The van der Waals surface area contributed by atoms with Gasteiger partial charge in [0, 0.05) is 68.6 Å². The third-order valence-corrected chi connectivity index (χ3v) is 14.0. The van der Waals surface area contributed by atoms with Crippen molar-refractivity contribution in [1.82, 2.24) is 15.5 Å². The molecule has 464 valence electrons. The molecule has 0 atom stereocenters. The maximum Gasteiger partial charge on any atom is 0.324 e. The Bertz CT molecular complexity index is 3700. The lowest BCUT2D eigenvalue weighted by Gasteiger charge is -2.12. The maximum atomic E-state index is 12.2. The van der Waals surface area contributed by atoms with Crippen LogP contribution in [-0.4, -0.2) is 56.9 Å². The van der Waals surface area contributed by atoms with E-state index in [9.17, 15) is 24.0 Å². The summed E-state index contributed by atoms with van der Waals surface area (Å²) in [7, 11) is 0. The lowest BCUT2D eigenvalue weighted by Crippen LogP contribution is -2.20. The van der Waals surface area contributed by atoms with E-state index in [1.54, 1.807) is 54.6 Å². The standard InChI is InChI=1S/C24H27N5O4S.C22H26N4O2.C22H25N3O2/c1-24(2,3)19-13-20(29-33-19)28-23(32)27-18-11-9-17(10-12-18)26-22(31)15-34-14-21(30)25-16-7-5-4-6-8-16;1-22(2,3)19-14-20(26-28-19)25-21(27)24-18-12-8-16(9-13-18)5-4-15-6-10-17(23)11-7-15;1-22(2,3)19-15-20(25-27-19)24-21(26)23-18-13-11-17(12-14-18)10-9-16-7-5-4-6-8-16/h4-13H,14-15H2,1-3H3,(H,25,30)(H,26,31)(H2,27,28,29,32);6-14H,4-5,23H2,1-3H3,(H2,24,25,26,27);4-8,11-15H,9-10H2,1-3H3,(H2,23,24,25,26). The monoisotopic (exact) mass is 1220 g/mol. The van der Waals surface area contributed by atoms with Gasteiger partial charge in [0.15, 0.2) is 17.5 Å². The lowest BCUT2D eigenvalue weighted by molar-refractivity contribution is -0.114. The van der Waals surface area contributed by atoms with E-state index < -0.39 is 6.03 Å². The molecule has 3 heterocycles. The number of carbonyl (C=O) groups is 5. The topological polar surface area (TPSA) is 286 Å². The van der Waals surface area contributed by atoms with Gasteiger partial charge in [-0.3, -0.25) is 25.5 Å². The minimum atomic E-state index is -0.462. The van der Waals surface area contributed by atoms with Gasteiger partial charge in [0.2, 0.25) is 11.8 Å². The van der Waals surface area contributed by atoms with Crippen molar-refractivity contribution in [1.29, 1.82) is 0 Å². The molecule has 10 N–H and O–H groups in total. The molecule has 0 bridgehead atoms. The number of hydrogen-bond acceptors (Lipinski definition) is 13. The zero-order chi connectivity index (χ0) is 64.0. The molecule has 3 aromatic heterocycles. The summed E-state index contributed by atoms with van der Waals surface area (Å²) < 4.78 is 15.8. The van der Waals surface area contributed by atoms with Gasteiger partial charge in [-0.05, 0) is 121 Å². The molecule has 0 fully saturated rings. The van der Waals surface area contributed by atoms with Crippen LogP contribution in [0.2, 0.25) is 0 Å². The Balaban J connectivity index is 0.000000192. The highest BCUT2D eigenvalue weighted by Crippen LogP contribution is 2.27. The van der Waals surface area contributed by atoms with Crippen LogP contribution in [0.4, 0.5) is 66.0 Å². The summed E-state index contributed by atoms with van der Waals surface area (Å²) in [6, 6.07) is 53.8. The first-order chi connectivity index (χ1) is 42.4. The Morgan fingerprint density at radius 3 is 0.944 bits per heavy atom. The fourth-order valence-corrected chi connectivity index (χ4v) is 8.72. The van der Waals surface area contributed by atoms with Gasteiger partial charge in [-0.1, -0.05) is 163 Å². The van der Waals surface area contributed by atoms with Crippen LogP contribution in [-0.2, 0) is 51.5 Å². The fraction of sp³-hybridized carbons (Fsp3) is 0.265. The van der Waals surface area contributed by atoms with E-state index in [2.05, 4.69) is 82.3 Å². The van der Waals surface area contributed by atoms with Crippen molar-refractivity contribution in [2.24, 2.45) is 0 Å². The van der Waals surface area contributed by atoms with E-state index in [-0.39, 0.29) is 51.6 Å². The number of para-hydroxylation sites is 1. The van der Waals surface area contributed by atoms with Crippen LogP contribution in [0.5, 0.6) is 0 Å². The molecule has 0 saturated heterocycles. The Labute approximate surface area is 523 Å². The molecule has 0 saturated carbocycles. The largest absolute Gasteiger partial charge is 0.399 e. The highest BCUT2D eigenvalue weighted by Gasteiger charge is 2.23. The summed E-state index contributed by atoms with van der Waals surface area (Å²) in [6.45, 7) is 18.1. The van der Waals surface area contributed by atoms with Gasteiger partial charge < -0.3 is 45.9 Å². The van der Waals surface area contributed by atoms with E-state index in [4.69, 9.17) is 19.3 Å². The van der Waals surface area contributed by atoms with Crippen LogP contribution in [0.3, 0.4) is 0 Å². The summed E-state index contributed by atoms with van der Waals surface area (Å²) >= 11 is 1.22. The van der Waals surface area contributed by atoms with Crippen molar-refractivity contribution in [2.45, 2.75) is 104 Å². The molecule has 21 heteroatoms. The number of hydrogen-bond donors (Lipinski definition) is 9. The molecule has 0 radical (unpaired) electrons. The molecule has 89 heavy (non-hydrogen) atoms. The lowest BCUT2D eigenvalue weighted by atomic mass is 9.93. The summed E-state index contributed by atoms with van der Waals surface area (Å²) in [5, 5.41) is 33.4. The minimum absolute atomic E-state index is 0.138. The zero-order valence-corrected chi connectivity index (χ0v) is 52.4. The second-order valence-corrected chi connectivity index (χ2v) is 24.9. The first-order valence-corrected chi connectivity index (χ1v) is 30.1. The number of aryl methyl sites for hydroxylation is 4. The van der Waals surface area contributed by atoms with Gasteiger partial charge in [-0.2, -0.15) is 0 Å². The third-order valence-electron chi connectivity index (χ3n) is 13.1. The van der Waals surface area contributed by atoms with Crippen molar-refractivity contribution in [3.63, 3.8) is 0 Å². The molecule has 6 aromatic carbocycles. The Kier molecular flexibility index (Phi) is 23.5. The molecule has 0 aliphatic heterocycles. The molecule has 8 amide bonds. The summed E-state index contributed by atoms with van der Waals surface area (Å²) in [4.78, 5) is 60.5. The molecule has 0 aliphatic rings. The molecule has 20 nitrogen and oxygen atoms in total. The van der Waals surface area contributed by atoms with Crippen LogP contribution in [0.15, 0.2) is 189 Å². The molecule has 0 aliphatic carbocycles. The van der Waals surface area contributed by atoms with Gasteiger partial charge in [0.05, 0.1) is 11.5 Å². The minimum Gasteiger partial charge on any atom is -0.399 e. The molecule has 9 aromatic rings. The van der Waals surface area contributed by atoms with Gasteiger partial charge in [0.25, 0.3) is 0 Å². The Hall–Kier alpha value is -10.2. The van der Waals surface area contributed by atoms with E-state index in [0.29, 0.717) is 46.0 Å². The van der Waals surface area contributed by atoms with E-state index >= 15 is 0 Å². The van der Waals surface area contributed by atoms with E-state index in [1.165, 1.54) is 34.0 Å². The van der Waals surface area contributed by atoms with Gasteiger partial charge in [0.1, 0.15) is 17.3 Å². The van der Waals surface area contributed by atoms with Crippen LogP contribution < -0.4 is 48.3 Å².